The molecule has 1 aliphatic heterocycles. The van der Waals surface area contributed by atoms with Crippen LogP contribution in [0.4, 0.5) is 0 Å². The molecule has 1 heterocycles. The summed E-state index contributed by atoms with van der Waals surface area (Å²) in [7, 11) is 0. The number of epoxide rings is 1. The number of hydrogen-bond donors (Lipinski definition) is 1. The number of carboxylic acids is 1. The van der Waals surface area contributed by atoms with Crippen molar-refractivity contribution in [3.05, 3.63) is 0 Å². The number of aliphatic carboxylic acids is 1. The van der Waals surface area contributed by atoms with Crippen LogP contribution in [-0.2, 0) is 9.53 Å². The van der Waals surface area contributed by atoms with Crippen molar-refractivity contribution in [2.75, 3.05) is 0 Å². The molecule has 0 aliphatic carbocycles. The number of carboxylic acid groups (broad SMARTS) is 1. The number of ether oxygens (including phenoxy) is 1. The summed E-state index contributed by atoms with van der Waals surface area (Å²) >= 11 is 0. The molecule has 0 amide bonds. The molecule has 1 saturated heterocycles. The van der Waals surface area contributed by atoms with E-state index in [0.29, 0.717) is 6.42 Å². The van der Waals surface area contributed by atoms with E-state index >= 15 is 0 Å². The van der Waals surface area contributed by atoms with Crippen LogP contribution in [0.2, 0.25) is 0 Å². The molecule has 3 heteroatoms. The van der Waals surface area contributed by atoms with Crippen molar-refractivity contribution in [3.8, 4) is 0 Å². The van der Waals surface area contributed by atoms with Gasteiger partial charge in [0.15, 0.2) is 5.60 Å². The van der Waals surface area contributed by atoms with Crippen LogP contribution in [0.5, 0.6) is 0 Å². The van der Waals surface area contributed by atoms with E-state index in [4.69, 9.17) is 9.84 Å². The molecule has 0 aromatic heterocycles. The molecule has 2 atom stereocenters. The van der Waals surface area contributed by atoms with Crippen LogP contribution in [0.1, 0.15) is 26.7 Å². The Hall–Kier alpha value is -0.570. The smallest absolute Gasteiger partial charge is 0.338 e. The van der Waals surface area contributed by atoms with E-state index < -0.39 is 11.6 Å². The molecule has 1 rings (SSSR count). The van der Waals surface area contributed by atoms with Crippen molar-refractivity contribution < 1.29 is 14.6 Å². The summed E-state index contributed by atoms with van der Waals surface area (Å²) in [6.45, 7) is 3.77. The average Bonchev–Trinajstić information content (AvgIpc) is 2.62. The highest BCUT2D eigenvalue weighted by molar-refractivity contribution is 5.81. The van der Waals surface area contributed by atoms with Gasteiger partial charge < -0.3 is 9.84 Å². The highest BCUT2D eigenvalue weighted by Crippen LogP contribution is 2.41. The first-order valence-electron chi connectivity index (χ1n) is 3.58. The zero-order valence-electron chi connectivity index (χ0n) is 6.26. The molecule has 58 valence electrons. The number of carbonyl (C=O) groups is 1. The zero-order chi connectivity index (χ0) is 7.78. The minimum atomic E-state index is -0.825. The molecule has 0 radical (unpaired) electrons. The molecule has 1 fully saturated rings. The van der Waals surface area contributed by atoms with Gasteiger partial charge in [-0.15, -0.1) is 0 Å². The quantitative estimate of drug-likeness (QED) is 0.602. The van der Waals surface area contributed by atoms with Crippen molar-refractivity contribution in [2.24, 2.45) is 0 Å². The standard InChI is InChI=1S/C7H12O3/c1-3-5-7(4-2,10-5)6(8)9/h5H,3-4H2,1-2H3,(H,8,9). The Kier molecular flexibility index (Phi) is 1.68. The lowest BCUT2D eigenvalue weighted by molar-refractivity contribution is -0.143. The fourth-order valence-electron chi connectivity index (χ4n) is 1.28. The SMILES string of the molecule is CCC1OC1(CC)C(=O)O. The average molecular weight is 144 g/mol. The van der Waals surface area contributed by atoms with Crippen molar-refractivity contribution in [3.63, 3.8) is 0 Å². The van der Waals surface area contributed by atoms with Gasteiger partial charge in [0, 0.05) is 0 Å². The zero-order valence-corrected chi connectivity index (χ0v) is 6.26. The van der Waals surface area contributed by atoms with Crippen molar-refractivity contribution >= 4 is 5.97 Å². The van der Waals surface area contributed by atoms with Gasteiger partial charge in [-0.3, -0.25) is 0 Å². The second kappa shape index (κ2) is 2.23. The second-order valence-corrected chi connectivity index (χ2v) is 2.56. The lowest BCUT2D eigenvalue weighted by atomic mass is 10.0. The van der Waals surface area contributed by atoms with Gasteiger partial charge in [-0.1, -0.05) is 13.8 Å². The summed E-state index contributed by atoms with van der Waals surface area (Å²) in [5.74, 6) is -0.818. The van der Waals surface area contributed by atoms with Crippen LogP contribution in [0.3, 0.4) is 0 Å². The minimum absolute atomic E-state index is 0.0463. The maximum absolute atomic E-state index is 10.6. The van der Waals surface area contributed by atoms with E-state index in [0.717, 1.165) is 6.42 Å². The first kappa shape index (κ1) is 7.54. The molecular formula is C7H12O3. The molecule has 1 aliphatic rings. The Bertz CT molecular complexity index is 155. The van der Waals surface area contributed by atoms with Gasteiger partial charge in [0.1, 0.15) is 0 Å². The summed E-state index contributed by atoms with van der Waals surface area (Å²) in [5, 5.41) is 8.68. The van der Waals surface area contributed by atoms with Crippen LogP contribution in [0, 0.1) is 0 Å². The molecule has 2 unspecified atom stereocenters. The Labute approximate surface area is 60.0 Å². The normalized spacial score (nSPS) is 37.6. The van der Waals surface area contributed by atoms with Crippen molar-refractivity contribution in [2.45, 2.75) is 38.4 Å². The van der Waals surface area contributed by atoms with E-state index in [1.165, 1.54) is 0 Å². The predicted molar refractivity (Wildman–Crippen MR) is 35.8 cm³/mol. The third-order valence-electron chi connectivity index (χ3n) is 2.07. The van der Waals surface area contributed by atoms with Gasteiger partial charge in [-0.05, 0) is 12.8 Å². The third kappa shape index (κ3) is 0.814. The van der Waals surface area contributed by atoms with Crippen LogP contribution < -0.4 is 0 Å². The molecule has 1 N–H and O–H groups in total. The largest absolute Gasteiger partial charge is 0.479 e. The number of hydrogen-bond acceptors (Lipinski definition) is 2. The molecule has 3 nitrogen and oxygen atoms in total. The fraction of sp³-hybridized carbons (Fsp3) is 0.857. The summed E-state index contributed by atoms with van der Waals surface area (Å²) in [5.41, 5.74) is -0.825. The van der Waals surface area contributed by atoms with Crippen molar-refractivity contribution in [1.82, 2.24) is 0 Å². The van der Waals surface area contributed by atoms with E-state index in [1.807, 2.05) is 13.8 Å². The molecular weight excluding hydrogens is 132 g/mol. The Morgan fingerprint density at radius 1 is 1.70 bits per heavy atom. The second-order valence-electron chi connectivity index (χ2n) is 2.56. The van der Waals surface area contributed by atoms with E-state index in [1.54, 1.807) is 0 Å². The Morgan fingerprint density at radius 2 is 2.30 bits per heavy atom. The highest BCUT2D eigenvalue weighted by atomic mass is 16.6. The lowest BCUT2D eigenvalue weighted by Crippen LogP contribution is -2.25. The van der Waals surface area contributed by atoms with E-state index in [9.17, 15) is 4.79 Å². The summed E-state index contributed by atoms with van der Waals surface area (Å²) in [6, 6.07) is 0. The van der Waals surface area contributed by atoms with Gasteiger partial charge in [0.2, 0.25) is 0 Å². The molecule has 10 heavy (non-hydrogen) atoms. The minimum Gasteiger partial charge on any atom is -0.479 e. The van der Waals surface area contributed by atoms with Gasteiger partial charge in [0.25, 0.3) is 0 Å². The first-order chi connectivity index (χ1) is 4.67. The van der Waals surface area contributed by atoms with Gasteiger partial charge in [-0.25, -0.2) is 4.79 Å². The van der Waals surface area contributed by atoms with E-state index in [2.05, 4.69) is 0 Å². The molecule has 0 spiro atoms. The maximum Gasteiger partial charge on any atom is 0.338 e. The molecule has 0 bridgehead atoms. The van der Waals surface area contributed by atoms with Crippen LogP contribution in [-0.4, -0.2) is 22.8 Å². The third-order valence-corrected chi connectivity index (χ3v) is 2.07. The topological polar surface area (TPSA) is 49.8 Å². The molecule has 0 aromatic carbocycles. The molecule has 0 aromatic rings. The first-order valence-corrected chi connectivity index (χ1v) is 3.58. The predicted octanol–water partition coefficient (Wildman–Crippen LogP) is 1.03. The fourth-order valence-corrected chi connectivity index (χ4v) is 1.28. The van der Waals surface area contributed by atoms with Crippen LogP contribution >= 0.6 is 0 Å². The summed E-state index contributed by atoms with van der Waals surface area (Å²) < 4.78 is 5.06. The van der Waals surface area contributed by atoms with E-state index in [-0.39, 0.29) is 6.10 Å². The summed E-state index contributed by atoms with van der Waals surface area (Å²) in [4.78, 5) is 10.6. The van der Waals surface area contributed by atoms with Crippen molar-refractivity contribution in [1.29, 1.82) is 0 Å². The Morgan fingerprint density at radius 3 is 2.40 bits per heavy atom. The lowest BCUT2D eigenvalue weighted by Gasteiger charge is -2.00. The summed E-state index contributed by atoms with van der Waals surface area (Å²) in [6.07, 6.45) is 1.32. The Balaban J connectivity index is 2.59. The number of rotatable bonds is 3. The van der Waals surface area contributed by atoms with Gasteiger partial charge >= 0.3 is 5.97 Å². The maximum atomic E-state index is 10.6. The van der Waals surface area contributed by atoms with Gasteiger partial charge in [0.05, 0.1) is 6.10 Å². The molecule has 0 saturated carbocycles. The van der Waals surface area contributed by atoms with Crippen LogP contribution in [0.25, 0.3) is 0 Å². The van der Waals surface area contributed by atoms with Crippen LogP contribution in [0.15, 0.2) is 0 Å². The highest BCUT2D eigenvalue weighted by Gasteiger charge is 2.60. The van der Waals surface area contributed by atoms with Gasteiger partial charge in [-0.2, -0.15) is 0 Å². The monoisotopic (exact) mass is 144 g/mol.